The standard InChI is InChI=1S/C13H16N2O4/c1-13(12(18)19)6-2-5-9(13)15-11(17)10-8(16)4-3-7-14-10/h3-4,7,9,16H,2,5-6H2,1H3,(H,15,17)(H,18,19). The number of pyridine rings is 1. The topological polar surface area (TPSA) is 99.5 Å². The number of hydrogen-bond acceptors (Lipinski definition) is 4. The summed E-state index contributed by atoms with van der Waals surface area (Å²) in [6.45, 7) is 1.63. The van der Waals surface area contributed by atoms with Crippen molar-refractivity contribution in [2.45, 2.75) is 32.2 Å². The fourth-order valence-electron chi connectivity index (χ4n) is 2.45. The molecular formula is C13H16N2O4. The van der Waals surface area contributed by atoms with E-state index in [1.807, 2.05) is 0 Å². The van der Waals surface area contributed by atoms with Crippen LogP contribution in [0.4, 0.5) is 0 Å². The molecule has 0 radical (unpaired) electrons. The lowest BCUT2D eigenvalue weighted by Gasteiger charge is -2.27. The first kappa shape index (κ1) is 13.3. The average Bonchev–Trinajstić information content (AvgIpc) is 2.73. The summed E-state index contributed by atoms with van der Waals surface area (Å²) in [7, 11) is 0. The summed E-state index contributed by atoms with van der Waals surface area (Å²) in [5, 5.41) is 21.5. The Morgan fingerprint density at radius 2 is 2.26 bits per heavy atom. The molecule has 1 aliphatic rings. The molecule has 0 bridgehead atoms. The van der Waals surface area contributed by atoms with Crippen molar-refractivity contribution < 1.29 is 19.8 Å². The van der Waals surface area contributed by atoms with Gasteiger partial charge in [0.2, 0.25) is 0 Å². The van der Waals surface area contributed by atoms with Crippen LogP contribution in [0.15, 0.2) is 18.3 Å². The SMILES string of the molecule is CC1(C(=O)O)CCCC1NC(=O)c1ncccc1O. The number of carbonyl (C=O) groups excluding carboxylic acids is 1. The van der Waals surface area contributed by atoms with E-state index >= 15 is 0 Å². The van der Waals surface area contributed by atoms with Crippen LogP contribution >= 0.6 is 0 Å². The normalized spacial score (nSPS) is 26.1. The molecule has 1 aromatic heterocycles. The average molecular weight is 264 g/mol. The third-order valence-corrected chi connectivity index (χ3v) is 3.75. The summed E-state index contributed by atoms with van der Waals surface area (Å²) in [5.41, 5.74) is -1.04. The number of amides is 1. The number of carboxylic acids is 1. The van der Waals surface area contributed by atoms with Gasteiger partial charge in [-0.1, -0.05) is 6.42 Å². The van der Waals surface area contributed by atoms with E-state index < -0.39 is 23.3 Å². The van der Waals surface area contributed by atoms with E-state index in [9.17, 15) is 19.8 Å². The molecule has 102 valence electrons. The number of rotatable bonds is 3. The second-order valence-electron chi connectivity index (χ2n) is 5.01. The summed E-state index contributed by atoms with van der Waals surface area (Å²) in [6.07, 6.45) is 3.30. The van der Waals surface area contributed by atoms with E-state index in [2.05, 4.69) is 10.3 Å². The van der Waals surface area contributed by atoms with Crippen LogP contribution in [0.1, 0.15) is 36.7 Å². The molecule has 0 aliphatic heterocycles. The van der Waals surface area contributed by atoms with Crippen molar-refractivity contribution >= 4 is 11.9 Å². The Kier molecular flexibility index (Phi) is 3.42. The highest BCUT2D eigenvalue weighted by atomic mass is 16.4. The van der Waals surface area contributed by atoms with Gasteiger partial charge in [-0.2, -0.15) is 0 Å². The third kappa shape index (κ3) is 2.38. The fraction of sp³-hybridized carbons (Fsp3) is 0.462. The smallest absolute Gasteiger partial charge is 0.311 e. The van der Waals surface area contributed by atoms with Gasteiger partial charge in [0.25, 0.3) is 5.91 Å². The molecule has 1 aromatic rings. The van der Waals surface area contributed by atoms with Crippen LogP contribution in [-0.2, 0) is 4.79 Å². The van der Waals surface area contributed by atoms with E-state index in [4.69, 9.17) is 0 Å². The highest BCUT2D eigenvalue weighted by molar-refractivity contribution is 5.95. The van der Waals surface area contributed by atoms with Crippen molar-refractivity contribution in [1.82, 2.24) is 10.3 Å². The second-order valence-corrected chi connectivity index (χ2v) is 5.01. The van der Waals surface area contributed by atoms with Gasteiger partial charge in [-0.3, -0.25) is 9.59 Å². The maximum Gasteiger partial charge on any atom is 0.311 e. The molecule has 2 rings (SSSR count). The second kappa shape index (κ2) is 4.87. The van der Waals surface area contributed by atoms with E-state index in [-0.39, 0.29) is 11.4 Å². The number of aromatic nitrogens is 1. The van der Waals surface area contributed by atoms with Crippen molar-refractivity contribution in [3.63, 3.8) is 0 Å². The van der Waals surface area contributed by atoms with Gasteiger partial charge in [0.15, 0.2) is 5.69 Å². The molecule has 1 aliphatic carbocycles. The lowest BCUT2D eigenvalue weighted by Crippen LogP contribution is -2.47. The summed E-state index contributed by atoms with van der Waals surface area (Å²) in [5.74, 6) is -1.67. The highest BCUT2D eigenvalue weighted by Gasteiger charge is 2.46. The van der Waals surface area contributed by atoms with Crippen molar-refractivity contribution in [3.8, 4) is 5.75 Å². The van der Waals surface area contributed by atoms with E-state index in [0.717, 1.165) is 6.42 Å². The summed E-state index contributed by atoms with van der Waals surface area (Å²) < 4.78 is 0. The Morgan fingerprint density at radius 3 is 2.89 bits per heavy atom. The van der Waals surface area contributed by atoms with E-state index in [0.29, 0.717) is 12.8 Å². The lowest BCUT2D eigenvalue weighted by atomic mass is 9.85. The molecular weight excluding hydrogens is 248 g/mol. The highest BCUT2D eigenvalue weighted by Crippen LogP contribution is 2.38. The molecule has 6 nitrogen and oxygen atoms in total. The lowest BCUT2D eigenvalue weighted by molar-refractivity contribution is -0.148. The van der Waals surface area contributed by atoms with Crippen LogP contribution in [0.25, 0.3) is 0 Å². The first-order valence-corrected chi connectivity index (χ1v) is 6.13. The van der Waals surface area contributed by atoms with Crippen LogP contribution in [0, 0.1) is 5.41 Å². The molecule has 2 atom stereocenters. The maximum atomic E-state index is 12.0. The molecule has 19 heavy (non-hydrogen) atoms. The predicted octanol–water partition coefficient (Wildman–Crippen LogP) is 1.16. The van der Waals surface area contributed by atoms with Gasteiger partial charge < -0.3 is 15.5 Å². The number of carboxylic acid groups (broad SMARTS) is 1. The Morgan fingerprint density at radius 1 is 1.53 bits per heavy atom. The first-order valence-electron chi connectivity index (χ1n) is 6.13. The largest absolute Gasteiger partial charge is 0.505 e. The molecule has 1 saturated carbocycles. The molecule has 1 fully saturated rings. The van der Waals surface area contributed by atoms with Gasteiger partial charge >= 0.3 is 5.97 Å². The summed E-state index contributed by atoms with van der Waals surface area (Å²) >= 11 is 0. The molecule has 0 aromatic carbocycles. The van der Waals surface area contributed by atoms with E-state index in [1.165, 1.54) is 18.3 Å². The molecule has 6 heteroatoms. The molecule has 1 heterocycles. The van der Waals surface area contributed by atoms with Crippen molar-refractivity contribution in [3.05, 3.63) is 24.0 Å². The van der Waals surface area contributed by atoms with Crippen LogP contribution in [0.5, 0.6) is 5.75 Å². The number of nitrogens with zero attached hydrogens (tertiary/aromatic N) is 1. The van der Waals surface area contributed by atoms with Gasteiger partial charge in [-0.15, -0.1) is 0 Å². The number of aliphatic carboxylic acids is 1. The summed E-state index contributed by atoms with van der Waals surface area (Å²) in [4.78, 5) is 27.1. The van der Waals surface area contributed by atoms with Gasteiger partial charge in [0.05, 0.1) is 5.41 Å². The zero-order chi connectivity index (χ0) is 14.0. The molecule has 1 amide bonds. The quantitative estimate of drug-likeness (QED) is 0.760. The number of carbonyl (C=O) groups is 2. The Labute approximate surface area is 110 Å². The zero-order valence-electron chi connectivity index (χ0n) is 10.6. The fourth-order valence-corrected chi connectivity index (χ4v) is 2.45. The van der Waals surface area contributed by atoms with E-state index in [1.54, 1.807) is 6.92 Å². The van der Waals surface area contributed by atoms with Crippen molar-refractivity contribution in [1.29, 1.82) is 0 Å². The van der Waals surface area contributed by atoms with Gasteiger partial charge in [-0.25, -0.2) is 4.98 Å². The zero-order valence-corrected chi connectivity index (χ0v) is 10.6. The molecule has 3 N–H and O–H groups in total. The minimum atomic E-state index is -0.958. The van der Waals surface area contributed by atoms with Crippen molar-refractivity contribution in [2.75, 3.05) is 0 Å². The van der Waals surface area contributed by atoms with Gasteiger partial charge in [0, 0.05) is 12.2 Å². The van der Waals surface area contributed by atoms with Crippen LogP contribution in [0.3, 0.4) is 0 Å². The minimum Gasteiger partial charge on any atom is -0.505 e. The summed E-state index contributed by atoms with van der Waals surface area (Å²) in [6, 6.07) is 2.44. The Hall–Kier alpha value is -2.11. The molecule has 0 spiro atoms. The van der Waals surface area contributed by atoms with Gasteiger partial charge in [0.1, 0.15) is 5.75 Å². The van der Waals surface area contributed by atoms with Crippen molar-refractivity contribution in [2.24, 2.45) is 5.41 Å². The maximum absolute atomic E-state index is 12.0. The van der Waals surface area contributed by atoms with Gasteiger partial charge in [-0.05, 0) is 31.9 Å². The number of hydrogen-bond donors (Lipinski definition) is 3. The molecule has 2 unspecified atom stereocenters. The Balaban J connectivity index is 2.16. The number of aromatic hydroxyl groups is 1. The van der Waals surface area contributed by atoms with Crippen LogP contribution in [0.2, 0.25) is 0 Å². The minimum absolute atomic E-state index is 0.0814. The first-order chi connectivity index (χ1) is 8.95. The monoisotopic (exact) mass is 264 g/mol. The number of nitrogens with one attached hydrogen (secondary N) is 1. The van der Waals surface area contributed by atoms with Crippen LogP contribution in [-0.4, -0.2) is 33.1 Å². The third-order valence-electron chi connectivity index (χ3n) is 3.75. The molecule has 0 saturated heterocycles. The predicted molar refractivity (Wildman–Crippen MR) is 66.7 cm³/mol. The Bertz CT molecular complexity index is 517. The van der Waals surface area contributed by atoms with Crippen LogP contribution < -0.4 is 5.32 Å².